The minimum atomic E-state index is -0.151. The first-order valence-corrected chi connectivity index (χ1v) is 5.85. The van der Waals surface area contributed by atoms with Crippen LogP contribution in [0.2, 0.25) is 0 Å². The molecule has 0 atom stereocenters. The van der Waals surface area contributed by atoms with Crippen molar-refractivity contribution in [1.82, 2.24) is 0 Å². The van der Waals surface area contributed by atoms with Crippen LogP contribution in [-0.4, -0.2) is 19.1 Å². The van der Waals surface area contributed by atoms with Gasteiger partial charge in [0.15, 0.2) is 0 Å². The molecule has 0 saturated heterocycles. The molecular weight excluding hydrogens is 203 g/mol. The number of benzene rings is 1. The predicted octanol–water partition coefficient (Wildman–Crippen LogP) is 2.56. The molecule has 1 aromatic carbocycles. The zero-order valence-corrected chi connectivity index (χ0v) is 10.3. The minimum Gasteiger partial charge on any atom is -0.369 e. The number of nitrogens with two attached hydrogens (primary N) is 1. The van der Waals surface area contributed by atoms with Gasteiger partial charge in [0.1, 0.15) is 5.82 Å². The third-order valence-corrected chi connectivity index (χ3v) is 2.76. The Labute approximate surface area is 97.3 Å². The van der Waals surface area contributed by atoms with E-state index in [4.69, 9.17) is 5.73 Å². The highest BCUT2D eigenvalue weighted by Crippen LogP contribution is 2.25. The van der Waals surface area contributed by atoms with E-state index >= 15 is 0 Å². The molecule has 0 bridgehead atoms. The van der Waals surface area contributed by atoms with Gasteiger partial charge in [-0.05, 0) is 45.9 Å². The molecule has 0 aliphatic carbocycles. The molecule has 16 heavy (non-hydrogen) atoms. The van der Waals surface area contributed by atoms with E-state index in [1.807, 2.05) is 6.07 Å². The highest BCUT2D eigenvalue weighted by molar-refractivity contribution is 5.55. The Balaban J connectivity index is 3.14. The summed E-state index contributed by atoms with van der Waals surface area (Å²) in [5.74, 6) is -0.151. The maximum Gasteiger partial charge on any atom is 0.128 e. The van der Waals surface area contributed by atoms with Gasteiger partial charge in [-0.15, -0.1) is 0 Å². The van der Waals surface area contributed by atoms with Crippen LogP contribution in [0.25, 0.3) is 0 Å². The Hall–Kier alpha value is -1.09. The van der Waals surface area contributed by atoms with E-state index in [-0.39, 0.29) is 5.82 Å². The smallest absolute Gasteiger partial charge is 0.128 e. The van der Waals surface area contributed by atoms with Crippen molar-refractivity contribution in [2.45, 2.75) is 33.2 Å². The molecule has 90 valence electrons. The Morgan fingerprint density at radius 2 is 2.06 bits per heavy atom. The lowest BCUT2D eigenvalue weighted by molar-refractivity contribution is 0.604. The lowest BCUT2D eigenvalue weighted by atomic mass is 10.1. The van der Waals surface area contributed by atoms with Crippen LogP contribution >= 0.6 is 0 Å². The molecule has 0 aliphatic heterocycles. The summed E-state index contributed by atoms with van der Waals surface area (Å²) in [5, 5.41) is 0. The van der Waals surface area contributed by atoms with Crippen LogP contribution < -0.4 is 10.6 Å². The molecule has 0 heterocycles. The second-order valence-electron chi connectivity index (χ2n) is 4.16. The molecule has 0 aromatic heterocycles. The number of halogens is 1. The van der Waals surface area contributed by atoms with Crippen LogP contribution in [0.15, 0.2) is 18.2 Å². The van der Waals surface area contributed by atoms with Gasteiger partial charge in [0.25, 0.3) is 0 Å². The Morgan fingerprint density at radius 3 is 2.56 bits per heavy atom. The summed E-state index contributed by atoms with van der Waals surface area (Å²) in [7, 11) is 0. The van der Waals surface area contributed by atoms with Crippen LogP contribution in [0.3, 0.4) is 0 Å². The summed E-state index contributed by atoms with van der Waals surface area (Å²) in [4.78, 5) is 2.19. The topological polar surface area (TPSA) is 29.3 Å². The monoisotopic (exact) mass is 224 g/mol. The van der Waals surface area contributed by atoms with E-state index in [0.717, 1.165) is 17.8 Å². The maximum absolute atomic E-state index is 13.7. The molecule has 1 aromatic rings. The second-order valence-corrected chi connectivity index (χ2v) is 4.16. The van der Waals surface area contributed by atoms with E-state index in [1.54, 1.807) is 6.07 Å². The SMILES string of the molecule is CCN(c1cccc(F)c1CCN)C(C)C. The average Bonchev–Trinajstić information content (AvgIpc) is 2.23. The Bertz CT molecular complexity index is 337. The average molecular weight is 224 g/mol. The van der Waals surface area contributed by atoms with Gasteiger partial charge in [-0.1, -0.05) is 6.07 Å². The highest BCUT2D eigenvalue weighted by atomic mass is 19.1. The van der Waals surface area contributed by atoms with Crippen molar-refractivity contribution in [3.63, 3.8) is 0 Å². The molecule has 0 spiro atoms. The Morgan fingerprint density at radius 1 is 1.38 bits per heavy atom. The standard InChI is InChI=1S/C13H21FN2/c1-4-16(10(2)3)13-7-5-6-12(14)11(13)8-9-15/h5-7,10H,4,8-9,15H2,1-3H3. The molecular formula is C13H21FN2. The van der Waals surface area contributed by atoms with Crippen LogP contribution in [0.1, 0.15) is 26.3 Å². The van der Waals surface area contributed by atoms with E-state index in [1.165, 1.54) is 6.07 Å². The van der Waals surface area contributed by atoms with Crippen molar-refractivity contribution in [3.05, 3.63) is 29.6 Å². The van der Waals surface area contributed by atoms with E-state index in [9.17, 15) is 4.39 Å². The van der Waals surface area contributed by atoms with Crippen molar-refractivity contribution < 1.29 is 4.39 Å². The first kappa shape index (κ1) is 13.0. The van der Waals surface area contributed by atoms with Gasteiger partial charge in [0, 0.05) is 23.8 Å². The minimum absolute atomic E-state index is 0.151. The van der Waals surface area contributed by atoms with Gasteiger partial charge in [-0.3, -0.25) is 0 Å². The summed E-state index contributed by atoms with van der Waals surface area (Å²) in [6.07, 6.45) is 0.589. The van der Waals surface area contributed by atoms with Crippen LogP contribution in [0.4, 0.5) is 10.1 Å². The van der Waals surface area contributed by atoms with Gasteiger partial charge < -0.3 is 10.6 Å². The number of hydrogen-bond donors (Lipinski definition) is 1. The van der Waals surface area contributed by atoms with Crippen molar-refractivity contribution in [2.75, 3.05) is 18.0 Å². The van der Waals surface area contributed by atoms with Gasteiger partial charge >= 0.3 is 0 Å². The molecule has 2 nitrogen and oxygen atoms in total. The zero-order chi connectivity index (χ0) is 12.1. The van der Waals surface area contributed by atoms with Crippen LogP contribution in [-0.2, 0) is 6.42 Å². The first-order valence-electron chi connectivity index (χ1n) is 5.85. The number of nitrogens with zero attached hydrogens (tertiary/aromatic N) is 1. The summed E-state index contributed by atoms with van der Waals surface area (Å²) in [5.41, 5.74) is 7.24. The number of rotatable bonds is 5. The van der Waals surface area contributed by atoms with E-state index in [0.29, 0.717) is 19.0 Å². The fraction of sp³-hybridized carbons (Fsp3) is 0.538. The molecule has 0 saturated carbocycles. The number of anilines is 1. The highest BCUT2D eigenvalue weighted by Gasteiger charge is 2.14. The molecule has 0 radical (unpaired) electrons. The summed E-state index contributed by atoms with van der Waals surface area (Å²) in [6.45, 7) is 7.65. The summed E-state index contributed by atoms with van der Waals surface area (Å²) >= 11 is 0. The third kappa shape index (κ3) is 2.73. The molecule has 0 aliphatic rings. The Kier molecular flexibility index (Phi) is 4.74. The third-order valence-electron chi connectivity index (χ3n) is 2.76. The fourth-order valence-corrected chi connectivity index (χ4v) is 2.02. The van der Waals surface area contributed by atoms with Gasteiger partial charge in [-0.2, -0.15) is 0 Å². The van der Waals surface area contributed by atoms with E-state index in [2.05, 4.69) is 25.7 Å². The molecule has 0 amide bonds. The van der Waals surface area contributed by atoms with Crippen molar-refractivity contribution in [1.29, 1.82) is 0 Å². The summed E-state index contributed by atoms with van der Waals surface area (Å²) < 4.78 is 13.7. The van der Waals surface area contributed by atoms with Gasteiger partial charge in [0.2, 0.25) is 0 Å². The van der Waals surface area contributed by atoms with Gasteiger partial charge in [0.05, 0.1) is 0 Å². The number of hydrogen-bond acceptors (Lipinski definition) is 2. The molecule has 3 heteroatoms. The molecule has 0 fully saturated rings. The lowest BCUT2D eigenvalue weighted by Gasteiger charge is -2.29. The first-order chi connectivity index (χ1) is 7.61. The summed E-state index contributed by atoms with van der Waals surface area (Å²) in [6, 6.07) is 5.60. The lowest BCUT2D eigenvalue weighted by Crippen LogP contribution is -2.31. The largest absolute Gasteiger partial charge is 0.369 e. The van der Waals surface area contributed by atoms with Crippen molar-refractivity contribution >= 4 is 5.69 Å². The van der Waals surface area contributed by atoms with Crippen LogP contribution in [0.5, 0.6) is 0 Å². The van der Waals surface area contributed by atoms with Crippen molar-refractivity contribution in [2.24, 2.45) is 5.73 Å². The fourth-order valence-electron chi connectivity index (χ4n) is 2.02. The molecule has 0 unspecified atom stereocenters. The second kappa shape index (κ2) is 5.85. The zero-order valence-electron chi connectivity index (χ0n) is 10.3. The normalized spacial score (nSPS) is 10.9. The quantitative estimate of drug-likeness (QED) is 0.833. The van der Waals surface area contributed by atoms with Gasteiger partial charge in [-0.25, -0.2) is 4.39 Å². The van der Waals surface area contributed by atoms with Crippen molar-refractivity contribution in [3.8, 4) is 0 Å². The maximum atomic E-state index is 13.7. The predicted molar refractivity (Wildman–Crippen MR) is 67.3 cm³/mol. The van der Waals surface area contributed by atoms with E-state index < -0.39 is 0 Å². The molecule has 1 rings (SSSR count). The molecule has 2 N–H and O–H groups in total. The van der Waals surface area contributed by atoms with Crippen LogP contribution in [0, 0.1) is 5.82 Å².